The average molecular weight is 357 g/mol. The zero-order valence-electron chi connectivity index (χ0n) is 14.1. The number of hydrogen-bond donors (Lipinski definition) is 2. The van der Waals surface area contributed by atoms with Gasteiger partial charge in [0.25, 0.3) is 0 Å². The van der Waals surface area contributed by atoms with Gasteiger partial charge in [-0.05, 0) is 75.4 Å². The third-order valence-corrected chi connectivity index (χ3v) is 4.28. The van der Waals surface area contributed by atoms with Crippen LogP contribution in [0.1, 0.15) is 39.9 Å². The Kier molecular flexibility index (Phi) is 9.88. The van der Waals surface area contributed by atoms with Gasteiger partial charge in [0.1, 0.15) is 6.79 Å². The van der Waals surface area contributed by atoms with Crippen LogP contribution in [-0.4, -0.2) is 32.5 Å². The minimum atomic E-state index is -0.229. The van der Waals surface area contributed by atoms with Crippen LogP contribution < -0.4 is 11.1 Å². The molecule has 6 heteroatoms. The van der Waals surface area contributed by atoms with E-state index in [0.717, 1.165) is 48.3 Å². The quantitative estimate of drug-likeness (QED) is 0.640. The molecule has 1 aromatic carbocycles. The molecule has 0 bridgehead atoms. The molecule has 0 aliphatic carbocycles. The predicted molar refractivity (Wildman–Crippen MR) is 88.1 cm³/mol. The van der Waals surface area contributed by atoms with E-state index in [1.165, 1.54) is 0 Å². The molecule has 0 saturated carbocycles. The Bertz CT molecular complexity index is 529. The van der Waals surface area contributed by atoms with E-state index in [4.69, 9.17) is 15.3 Å². The fourth-order valence-electron chi connectivity index (χ4n) is 2.63. The van der Waals surface area contributed by atoms with Crippen molar-refractivity contribution in [3.05, 3.63) is 28.3 Å². The molecule has 0 amide bonds. The normalized spacial score (nSPS) is 14.2. The van der Waals surface area contributed by atoms with E-state index in [2.05, 4.69) is 5.32 Å². The van der Waals surface area contributed by atoms with E-state index in [0.29, 0.717) is 18.1 Å². The number of carbonyl (C=O) groups excluding carboxylic acids is 2. The summed E-state index contributed by atoms with van der Waals surface area (Å²) in [6.07, 6.45) is 2.15. The zero-order chi connectivity index (χ0) is 16.7. The molecule has 1 saturated heterocycles. The van der Waals surface area contributed by atoms with E-state index < -0.39 is 0 Å². The molecule has 1 aliphatic heterocycles. The van der Waals surface area contributed by atoms with Gasteiger partial charge in [-0.15, -0.1) is 0 Å². The summed E-state index contributed by atoms with van der Waals surface area (Å²) in [4.78, 5) is 20.2. The number of nitrogens with one attached hydrogen (secondary N) is 1. The second-order valence-electron chi connectivity index (χ2n) is 5.70. The van der Waals surface area contributed by atoms with Crippen LogP contribution in [0.2, 0.25) is 0 Å². The van der Waals surface area contributed by atoms with E-state index in [9.17, 15) is 4.79 Å². The number of hydrogen-bond acceptors (Lipinski definition) is 5. The number of carbonyl (C=O) groups is 2. The summed E-state index contributed by atoms with van der Waals surface area (Å²) >= 11 is 0. The molecule has 0 unspecified atom stereocenters. The number of nitrogen functional groups attached to an aromatic ring is 1. The molecule has 127 valence electrons. The zero-order valence-corrected chi connectivity index (χ0v) is 15.5. The SMILES string of the molecule is C=O.Cc1cc(C(=O)OCC2CCNCC2)c(C)c(C)c1N.[V]. The van der Waals surface area contributed by atoms with Gasteiger partial charge in [-0.1, -0.05) is 0 Å². The summed E-state index contributed by atoms with van der Waals surface area (Å²) < 4.78 is 5.49. The summed E-state index contributed by atoms with van der Waals surface area (Å²) in [5.74, 6) is 0.253. The van der Waals surface area contributed by atoms with Crippen LogP contribution in [-0.2, 0) is 28.1 Å². The van der Waals surface area contributed by atoms with Crippen molar-refractivity contribution in [1.29, 1.82) is 0 Å². The van der Waals surface area contributed by atoms with Crippen molar-refractivity contribution < 1.29 is 32.9 Å². The van der Waals surface area contributed by atoms with Crippen LogP contribution in [0.3, 0.4) is 0 Å². The van der Waals surface area contributed by atoms with Gasteiger partial charge >= 0.3 is 5.97 Å². The Morgan fingerprint density at radius 1 is 1.26 bits per heavy atom. The van der Waals surface area contributed by atoms with Gasteiger partial charge in [0.05, 0.1) is 12.2 Å². The van der Waals surface area contributed by atoms with Gasteiger partial charge in [-0.25, -0.2) is 4.79 Å². The van der Waals surface area contributed by atoms with Crippen LogP contribution in [0.4, 0.5) is 5.69 Å². The van der Waals surface area contributed by atoms with Crippen molar-refractivity contribution >= 4 is 18.4 Å². The maximum Gasteiger partial charge on any atom is 0.338 e. The van der Waals surface area contributed by atoms with Crippen molar-refractivity contribution in [3.8, 4) is 0 Å². The van der Waals surface area contributed by atoms with Gasteiger partial charge in [-0.2, -0.15) is 0 Å². The summed E-state index contributed by atoms with van der Waals surface area (Å²) in [6, 6.07) is 1.84. The smallest absolute Gasteiger partial charge is 0.338 e. The van der Waals surface area contributed by atoms with Crippen LogP contribution in [0.25, 0.3) is 0 Å². The fourth-order valence-corrected chi connectivity index (χ4v) is 2.63. The van der Waals surface area contributed by atoms with E-state index in [-0.39, 0.29) is 24.5 Å². The second kappa shape index (κ2) is 10.5. The molecular weight excluding hydrogens is 331 g/mol. The predicted octanol–water partition coefficient (Wildman–Crippen LogP) is 2.16. The maximum atomic E-state index is 12.2. The minimum absolute atomic E-state index is 0. The van der Waals surface area contributed by atoms with Crippen LogP contribution in [0.15, 0.2) is 6.07 Å². The van der Waals surface area contributed by atoms with Gasteiger partial charge in [-0.3, -0.25) is 0 Å². The van der Waals surface area contributed by atoms with Crippen molar-refractivity contribution in [2.45, 2.75) is 33.6 Å². The molecule has 1 radical (unpaired) electrons. The number of esters is 1. The van der Waals surface area contributed by atoms with E-state index >= 15 is 0 Å². The van der Waals surface area contributed by atoms with Gasteiger partial charge in [0.15, 0.2) is 0 Å². The van der Waals surface area contributed by atoms with Gasteiger partial charge in [0, 0.05) is 24.2 Å². The number of anilines is 1. The number of piperidine rings is 1. The molecule has 23 heavy (non-hydrogen) atoms. The second-order valence-corrected chi connectivity index (χ2v) is 5.70. The topological polar surface area (TPSA) is 81.4 Å². The molecule has 2 rings (SSSR count). The molecule has 1 heterocycles. The van der Waals surface area contributed by atoms with Crippen molar-refractivity contribution in [2.24, 2.45) is 5.92 Å². The molecule has 1 aliphatic rings. The number of ether oxygens (including phenoxy) is 1. The van der Waals surface area contributed by atoms with Crippen LogP contribution in [0.5, 0.6) is 0 Å². The monoisotopic (exact) mass is 357 g/mol. The summed E-state index contributed by atoms with van der Waals surface area (Å²) in [5.41, 5.74) is 10.2. The Morgan fingerprint density at radius 2 is 1.83 bits per heavy atom. The molecule has 1 fully saturated rings. The number of nitrogens with two attached hydrogens (primary N) is 1. The fraction of sp³-hybridized carbons (Fsp3) is 0.529. The van der Waals surface area contributed by atoms with E-state index in [1.807, 2.05) is 33.6 Å². The number of aryl methyl sites for hydroxylation is 1. The molecule has 0 atom stereocenters. The largest absolute Gasteiger partial charge is 0.462 e. The third-order valence-electron chi connectivity index (χ3n) is 4.28. The summed E-state index contributed by atoms with van der Waals surface area (Å²) in [7, 11) is 0. The van der Waals surface area contributed by atoms with Crippen LogP contribution >= 0.6 is 0 Å². The van der Waals surface area contributed by atoms with Gasteiger partial charge < -0.3 is 20.6 Å². The standard InChI is InChI=1S/C16H24N2O2.CH2O.V/c1-10-8-14(11(2)12(3)15(10)17)16(19)20-9-13-4-6-18-7-5-13;1-2;/h8,13,18H,4-7,9,17H2,1-3H3;1H2;. The van der Waals surface area contributed by atoms with Crippen molar-refractivity contribution in [1.82, 2.24) is 5.32 Å². The Morgan fingerprint density at radius 3 is 2.39 bits per heavy atom. The molecular formula is C17H26N2O3V. The van der Waals surface area contributed by atoms with Gasteiger partial charge in [0.2, 0.25) is 0 Å². The summed E-state index contributed by atoms with van der Waals surface area (Å²) in [6.45, 7) is 10.3. The Balaban J connectivity index is 0.00000155. The third kappa shape index (κ3) is 5.68. The van der Waals surface area contributed by atoms with Crippen molar-refractivity contribution in [3.63, 3.8) is 0 Å². The first-order valence-corrected chi connectivity index (χ1v) is 7.53. The van der Waals surface area contributed by atoms with Crippen molar-refractivity contribution in [2.75, 3.05) is 25.4 Å². The molecule has 5 nitrogen and oxygen atoms in total. The minimum Gasteiger partial charge on any atom is -0.462 e. The first kappa shape index (κ1) is 21.7. The first-order valence-electron chi connectivity index (χ1n) is 7.53. The molecule has 1 aromatic rings. The molecule has 3 N–H and O–H groups in total. The Hall–Kier alpha value is -1.30. The average Bonchev–Trinajstić information content (AvgIpc) is 2.57. The number of benzene rings is 1. The maximum absolute atomic E-state index is 12.2. The molecule has 0 aromatic heterocycles. The van der Waals surface area contributed by atoms with Crippen LogP contribution in [0, 0.1) is 26.7 Å². The van der Waals surface area contributed by atoms with E-state index in [1.54, 1.807) is 0 Å². The number of rotatable bonds is 3. The summed E-state index contributed by atoms with van der Waals surface area (Å²) in [5, 5.41) is 3.31. The first-order chi connectivity index (χ1) is 10.5. The molecule has 0 spiro atoms. The Labute approximate surface area is 150 Å².